The van der Waals surface area contributed by atoms with Crippen LogP contribution in [0.25, 0.3) is 16.6 Å². The average molecular weight is 389 g/mol. The summed E-state index contributed by atoms with van der Waals surface area (Å²) in [5, 5.41) is 0.576. The quantitative estimate of drug-likeness (QED) is 0.624. The maximum atomic E-state index is 13.6. The molecule has 2 aromatic carbocycles. The van der Waals surface area contributed by atoms with Gasteiger partial charge >= 0.3 is 0 Å². The number of hydrogen-bond donors (Lipinski definition) is 0. The number of hydrogen-bond acceptors (Lipinski definition) is 4. The fraction of sp³-hybridized carbons (Fsp3) is 0.211. The Morgan fingerprint density at radius 3 is 2.73 bits per heavy atom. The van der Waals surface area contributed by atoms with Crippen molar-refractivity contribution in [3.63, 3.8) is 0 Å². The van der Waals surface area contributed by atoms with Crippen molar-refractivity contribution in [2.45, 2.75) is 29.7 Å². The normalized spacial score (nSPS) is 17.2. The predicted octanol–water partition coefficient (Wildman–Crippen LogP) is 4.39. The van der Waals surface area contributed by atoms with E-state index < -0.39 is 5.82 Å². The molecule has 0 N–H and O–H groups in total. The van der Waals surface area contributed by atoms with Crippen LogP contribution in [0.2, 0.25) is 5.02 Å². The number of benzene rings is 2. The second-order valence-electron chi connectivity index (χ2n) is 6.12. The Balaban J connectivity index is 1.94. The van der Waals surface area contributed by atoms with Crippen molar-refractivity contribution in [1.82, 2.24) is 9.55 Å². The van der Waals surface area contributed by atoms with E-state index >= 15 is 0 Å². The van der Waals surface area contributed by atoms with Gasteiger partial charge < -0.3 is 0 Å². The Morgan fingerprint density at radius 2 is 2.00 bits per heavy atom. The van der Waals surface area contributed by atoms with Gasteiger partial charge in [-0.05, 0) is 43.2 Å². The number of carbonyl (C=O) groups excluding carboxylic acids is 1. The highest BCUT2D eigenvalue weighted by Gasteiger charge is 2.28. The monoisotopic (exact) mass is 388 g/mol. The van der Waals surface area contributed by atoms with Crippen LogP contribution in [0.1, 0.15) is 19.3 Å². The van der Waals surface area contributed by atoms with Crippen LogP contribution >= 0.6 is 23.4 Å². The molecule has 0 spiro atoms. The van der Waals surface area contributed by atoms with Gasteiger partial charge in [-0.15, -0.1) is 0 Å². The van der Waals surface area contributed by atoms with Gasteiger partial charge in [-0.2, -0.15) is 0 Å². The number of halogens is 2. The third kappa shape index (κ3) is 3.04. The number of para-hydroxylation sites is 1. The maximum Gasteiger partial charge on any atom is 0.266 e. The molecule has 3 aromatic rings. The summed E-state index contributed by atoms with van der Waals surface area (Å²) in [6.45, 7) is 0. The van der Waals surface area contributed by atoms with E-state index in [-0.39, 0.29) is 21.6 Å². The maximum absolute atomic E-state index is 13.6. The van der Waals surface area contributed by atoms with E-state index in [0.29, 0.717) is 28.2 Å². The summed E-state index contributed by atoms with van der Waals surface area (Å²) in [6, 6.07) is 11.1. The number of rotatable bonds is 3. The lowest BCUT2D eigenvalue weighted by atomic mass is 10.2. The molecule has 0 aliphatic heterocycles. The average Bonchev–Trinajstić information content (AvgIpc) is 3.03. The number of nitrogens with zero attached hydrogens (tertiary/aromatic N) is 2. The molecule has 26 heavy (non-hydrogen) atoms. The molecule has 1 aliphatic rings. The summed E-state index contributed by atoms with van der Waals surface area (Å²) >= 11 is 7.19. The van der Waals surface area contributed by atoms with E-state index in [9.17, 15) is 14.0 Å². The third-order valence-electron chi connectivity index (χ3n) is 4.40. The second kappa shape index (κ2) is 6.85. The van der Waals surface area contributed by atoms with Crippen LogP contribution in [0.3, 0.4) is 0 Å². The largest absolute Gasteiger partial charge is 0.298 e. The van der Waals surface area contributed by atoms with E-state index in [0.717, 1.165) is 12.8 Å². The van der Waals surface area contributed by atoms with Gasteiger partial charge in [0.15, 0.2) is 5.16 Å². The van der Waals surface area contributed by atoms with Gasteiger partial charge in [0, 0.05) is 6.42 Å². The molecule has 0 unspecified atom stereocenters. The molecule has 4 rings (SSSR count). The molecule has 1 saturated carbocycles. The van der Waals surface area contributed by atoms with E-state index in [1.54, 1.807) is 18.2 Å². The Labute approximate surface area is 158 Å². The number of carbonyl (C=O) groups is 1. The van der Waals surface area contributed by atoms with Crippen molar-refractivity contribution in [2.24, 2.45) is 0 Å². The first kappa shape index (κ1) is 17.2. The fourth-order valence-electron chi connectivity index (χ4n) is 3.08. The zero-order valence-corrected chi connectivity index (χ0v) is 15.2. The molecular formula is C19H14ClFN2O2S. The molecule has 0 radical (unpaired) electrons. The van der Waals surface area contributed by atoms with Crippen LogP contribution in [-0.4, -0.2) is 20.6 Å². The van der Waals surface area contributed by atoms with E-state index in [4.69, 9.17) is 11.6 Å². The van der Waals surface area contributed by atoms with Crippen molar-refractivity contribution >= 4 is 40.0 Å². The summed E-state index contributed by atoms with van der Waals surface area (Å²) in [7, 11) is 0. The zero-order chi connectivity index (χ0) is 18.3. The molecule has 1 aromatic heterocycles. The number of Topliss-reactive ketones (excluding diaryl/α,β-unsaturated/α-hetero) is 1. The van der Waals surface area contributed by atoms with Crippen LogP contribution < -0.4 is 5.56 Å². The summed E-state index contributed by atoms with van der Waals surface area (Å²) in [4.78, 5) is 29.8. The first-order chi connectivity index (χ1) is 12.5. The highest BCUT2D eigenvalue weighted by molar-refractivity contribution is 8.00. The Kier molecular flexibility index (Phi) is 4.54. The number of fused-ring (bicyclic) bond motifs is 1. The molecule has 0 bridgehead atoms. The van der Waals surface area contributed by atoms with Gasteiger partial charge in [-0.25, -0.2) is 9.37 Å². The van der Waals surface area contributed by atoms with Crippen molar-refractivity contribution in [3.05, 3.63) is 63.7 Å². The van der Waals surface area contributed by atoms with Crippen LogP contribution in [-0.2, 0) is 4.79 Å². The number of ketones is 1. The number of thioether (sulfide) groups is 1. The van der Waals surface area contributed by atoms with E-state index in [1.807, 2.05) is 6.07 Å². The highest BCUT2D eigenvalue weighted by Crippen LogP contribution is 2.33. The number of aromatic nitrogens is 2. The summed E-state index contributed by atoms with van der Waals surface area (Å²) < 4.78 is 15.0. The minimum absolute atomic E-state index is 0.0737. The minimum Gasteiger partial charge on any atom is -0.298 e. The molecule has 1 atom stereocenters. The van der Waals surface area contributed by atoms with Crippen LogP contribution in [0.15, 0.2) is 52.4 Å². The molecule has 4 nitrogen and oxygen atoms in total. The zero-order valence-electron chi connectivity index (χ0n) is 13.6. The van der Waals surface area contributed by atoms with Crippen LogP contribution in [0.5, 0.6) is 0 Å². The summed E-state index contributed by atoms with van der Waals surface area (Å²) in [5.74, 6) is -0.390. The first-order valence-corrected chi connectivity index (χ1v) is 9.47. The van der Waals surface area contributed by atoms with Gasteiger partial charge in [-0.1, -0.05) is 35.5 Å². The Hall–Kier alpha value is -2.18. The Bertz CT molecular complexity index is 1080. The van der Waals surface area contributed by atoms with Crippen molar-refractivity contribution < 1.29 is 9.18 Å². The molecule has 7 heteroatoms. The smallest absolute Gasteiger partial charge is 0.266 e. The molecule has 1 heterocycles. The SMILES string of the molecule is O=C1CCC[C@H]1Sc1nc2ccccc2c(=O)n1-c1ccc(F)c(Cl)c1. The highest BCUT2D eigenvalue weighted by atomic mass is 35.5. The lowest BCUT2D eigenvalue weighted by Gasteiger charge is -2.15. The molecule has 132 valence electrons. The van der Waals surface area contributed by atoms with E-state index in [1.165, 1.54) is 34.5 Å². The van der Waals surface area contributed by atoms with Gasteiger partial charge in [0.2, 0.25) is 0 Å². The predicted molar refractivity (Wildman–Crippen MR) is 101 cm³/mol. The summed E-state index contributed by atoms with van der Waals surface area (Å²) in [5.41, 5.74) is 0.716. The molecule has 0 amide bonds. The van der Waals surface area contributed by atoms with Crippen LogP contribution in [0.4, 0.5) is 4.39 Å². The topological polar surface area (TPSA) is 52.0 Å². The third-order valence-corrected chi connectivity index (χ3v) is 5.96. The van der Waals surface area contributed by atoms with Crippen molar-refractivity contribution in [2.75, 3.05) is 0 Å². The first-order valence-electron chi connectivity index (χ1n) is 8.21. The van der Waals surface area contributed by atoms with Gasteiger partial charge in [-0.3, -0.25) is 14.2 Å². The Morgan fingerprint density at radius 1 is 1.19 bits per heavy atom. The van der Waals surface area contributed by atoms with Crippen molar-refractivity contribution in [1.29, 1.82) is 0 Å². The van der Waals surface area contributed by atoms with Gasteiger partial charge in [0.05, 0.1) is 26.9 Å². The van der Waals surface area contributed by atoms with Gasteiger partial charge in [0.25, 0.3) is 5.56 Å². The molecular weight excluding hydrogens is 375 g/mol. The summed E-state index contributed by atoms with van der Waals surface area (Å²) in [6.07, 6.45) is 2.16. The van der Waals surface area contributed by atoms with Crippen molar-refractivity contribution in [3.8, 4) is 5.69 Å². The molecule has 0 saturated heterocycles. The lowest BCUT2D eigenvalue weighted by Crippen LogP contribution is -2.23. The molecule has 1 fully saturated rings. The standard InChI is InChI=1S/C19H14ClFN2O2S/c20-13-10-11(8-9-14(13)21)23-18(25)12-4-1-2-5-15(12)22-19(23)26-17-7-3-6-16(17)24/h1-2,4-5,8-10,17H,3,6-7H2/t17-/m1/s1. The van der Waals surface area contributed by atoms with Crippen LogP contribution in [0, 0.1) is 5.82 Å². The van der Waals surface area contributed by atoms with Gasteiger partial charge in [0.1, 0.15) is 11.6 Å². The van der Waals surface area contributed by atoms with E-state index in [2.05, 4.69) is 4.98 Å². The minimum atomic E-state index is -0.558. The fourth-order valence-corrected chi connectivity index (χ4v) is 4.49. The second-order valence-corrected chi connectivity index (χ2v) is 7.69. The lowest BCUT2D eigenvalue weighted by molar-refractivity contribution is -0.116. The molecule has 1 aliphatic carbocycles.